The predicted molar refractivity (Wildman–Crippen MR) is 51.9 cm³/mol. The summed E-state index contributed by atoms with van der Waals surface area (Å²) in [6.45, 7) is 6.95. The van der Waals surface area contributed by atoms with Crippen LogP contribution in [0, 0.1) is 0 Å². The first kappa shape index (κ1) is 11.1. The van der Waals surface area contributed by atoms with Gasteiger partial charge in [-0.1, -0.05) is 19.0 Å². The van der Waals surface area contributed by atoms with Gasteiger partial charge in [0.2, 0.25) is 5.89 Å². The lowest BCUT2D eigenvalue weighted by atomic mass is 10.5. The van der Waals surface area contributed by atoms with Crippen molar-refractivity contribution < 1.29 is 9.26 Å². The van der Waals surface area contributed by atoms with E-state index in [1.165, 1.54) is 0 Å². The molecule has 0 fully saturated rings. The Hall–Kier alpha value is -0.940. The molecule has 14 heavy (non-hydrogen) atoms. The third-order valence-electron chi connectivity index (χ3n) is 1.72. The first-order valence-corrected chi connectivity index (χ1v) is 4.96. The molecule has 5 nitrogen and oxygen atoms in total. The molecule has 80 valence electrons. The molecule has 1 aromatic rings. The van der Waals surface area contributed by atoms with Gasteiger partial charge in [0.1, 0.15) is 6.61 Å². The van der Waals surface area contributed by atoms with E-state index in [1.54, 1.807) is 0 Å². The number of ether oxygens (including phenoxy) is 1. The highest BCUT2D eigenvalue weighted by atomic mass is 16.5. The summed E-state index contributed by atoms with van der Waals surface area (Å²) in [4.78, 5) is 4.12. The lowest BCUT2D eigenvalue weighted by Gasteiger charge is -2.00. The maximum Gasteiger partial charge on any atom is 0.226 e. The van der Waals surface area contributed by atoms with Crippen LogP contribution in [-0.2, 0) is 17.8 Å². The molecule has 0 unspecified atom stereocenters. The Balaban J connectivity index is 2.12. The van der Waals surface area contributed by atoms with Gasteiger partial charge in [-0.05, 0) is 6.54 Å². The molecule has 0 bridgehead atoms. The molecule has 1 aromatic heterocycles. The van der Waals surface area contributed by atoms with Crippen LogP contribution in [0.4, 0.5) is 0 Å². The first-order valence-electron chi connectivity index (χ1n) is 4.96. The molecule has 5 heteroatoms. The van der Waals surface area contributed by atoms with Gasteiger partial charge in [-0.15, -0.1) is 0 Å². The van der Waals surface area contributed by atoms with E-state index in [9.17, 15) is 0 Å². The molecule has 0 aliphatic heterocycles. The zero-order valence-electron chi connectivity index (χ0n) is 8.75. The molecule has 0 aliphatic carbocycles. The van der Waals surface area contributed by atoms with Crippen molar-refractivity contribution in [2.24, 2.45) is 0 Å². The average molecular weight is 199 g/mol. The third kappa shape index (κ3) is 3.85. The summed E-state index contributed by atoms with van der Waals surface area (Å²) in [7, 11) is 0. The average Bonchev–Trinajstić information content (AvgIpc) is 2.65. The molecule has 1 heterocycles. The summed E-state index contributed by atoms with van der Waals surface area (Å²) >= 11 is 0. The molecule has 0 atom stereocenters. The van der Waals surface area contributed by atoms with E-state index in [2.05, 4.69) is 22.4 Å². The molecule has 0 radical (unpaired) electrons. The van der Waals surface area contributed by atoms with Crippen LogP contribution in [0.2, 0.25) is 0 Å². The molecule has 0 saturated heterocycles. The number of rotatable bonds is 7. The van der Waals surface area contributed by atoms with Gasteiger partial charge in [-0.3, -0.25) is 0 Å². The van der Waals surface area contributed by atoms with Gasteiger partial charge in [-0.25, -0.2) is 0 Å². The van der Waals surface area contributed by atoms with Crippen LogP contribution in [0.5, 0.6) is 0 Å². The van der Waals surface area contributed by atoms with Gasteiger partial charge >= 0.3 is 0 Å². The molecule has 0 aliphatic rings. The summed E-state index contributed by atoms with van der Waals surface area (Å²) in [5, 5.41) is 6.93. The topological polar surface area (TPSA) is 60.2 Å². The van der Waals surface area contributed by atoms with Crippen molar-refractivity contribution in [3.05, 3.63) is 11.7 Å². The van der Waals surface area contributed by atoms with Gasteiger partial charge in [0.05, 0.1) is 6.61 Å². The number of nitrogens with one attached hydrogen (secondary N) is 1. The van der Waals surface area contributed by atoms with Gasteiger partial charge in [0.25, 0.3) is 0 Å². The molecular weight excluding hydrogens is 182 g/mol. The molecule has 0 spiro atoms. The highest BCUT2D eigenvalue weighted by Crippen LogP contribution is 1.98. The van der Waals surface area contributed by atoms with E-state index in [0.717, 1.165) is 19.5 Å². The van der Waals surface area contributed by atoms with E-state index in [0.29, 0.717) is 24.9 Å². The standard InChI is InChI=1S/C9H17N3O2/c1-3-9-11-8(12-14-9)7-13-6-5-10-4-2/h10H,3-7H2,1-2H3. The lowest BCUT2D eigenvalue weighted by Crippen LogP contribution is -2.18. The van der Waals surface area contributed by atoms with Crippen molar-refractivity contribution in [3.63, 3.8) is 0 Å². The number of aryl methyl sites for hydroxylation is 1. The zero-order valence-corrected chi connectivity index (χ0v) is 8.75. The van der Waals surface area contributed by atoms with E-state index < -0.39 is 0 Å². The summed E-state index contributed by atoms with van der Waals surface area (Å²) in [6.07, 6.45) is 0.768. The molecule has 1 N–H and O–H groups in total. The zero-order chi connectivity index (χ0) is 10.2. The minimum absolute atomic E-state index is 0.425. The van der Waals surface area contributed by atoms with E-state index in [-0.39, 0.29) is 0 Å². The van der Waals surface area contributed by atoms with Gasteiger partial charge in [0, 0.05) is 13.0 Å². The summed E-state index contributed by atoms with van der Waals surface area (Å²) in [6, 6.07) is 0. The van der Waals surface area contributed by atoms with E-state index in [4.69, 9.17) is 9.26 Å². The van der Waals surface area contributed by atoms with Crippen LogP contribution in [0.25, 0.3) is 0 Å². The van der Waals surface area contributed by atoms with Gasteiger partial charge < -0.3 is 14.6 Å². The van der Waals surface area contributed by atoms with Crippen molar-refractivity contribution in [3.8, 4) is 0 Å². The fraction of sp³-hybridized carbons (Fsp3) is 0.778. The maximum atomic E-state index is 5.33. The number of aromatic nitrogens is 2. The van der Waals surface area contributed by atoms with Crippen molar-refractivity contribution in [2.45, 2.75) is 26.9 Å². The van der Waals surface area contributed by atoms with Gasteiger partial charge in [-0.2, -0.15) is 4.98 Å². The van der Waals surface area contributed by atoms with Gasteiger partial charge in [0.15, 0.2) is 5.82 Å². The molecule has 1 rings (SSSR count). The number of likely N-dealkylation sites (N-methyl/N-ethyl adjacent to an activating group) is 1. The largest absolute Gasteiger partial charge is 0.372 e. The highest BCUT2D eigenvalue weighted by Gasteiger charge is 2.03. The Morgan fingerprint density at radius 1 is 1.43 bits per heavy atom. The van der Waals surface area contributed by atoms with Crippen LogP contribution in [0.1, 0.15) is 25.6 Å². The molecule has 0 saturated carbocycles. The second-order valence-electron chi connectivity index (χ2n) is 2.86. The molecule has 0 amide bonds. The van der Waals surface area contributed by atoms with Crippen LogP contribution in [0.15, 0.2) is 4.52 Å². The Labute approximate surface area is 83.8 Å². The fourth-order valence-electron chi connectivity index (χ4n) is 0.977. The van der Waals surface area contributed by atoms with Crippen LogP contribution in [0.3, 0.4) is 0 Å². The fourth-order valence-corrected chi connectivity index (χ4v) is 0.977. The Morgan fingerprint density at radius 3 is 2.93 bits per heavy atom. The third-order valence-corrected chi connectivity index (χ3v) is 1.72. The minimum Gasteiger partial charge on any atom is -0.372 e. The molecular formula is C9H17N3O2. The summed E-state index contributed by atoms with van der Waals surface area (Å²) in [5.41, 5.74) is 0. The second kappa shape index (κ2) is 6.50. The van der Waals surface area contributed by atoms with E-state index >= 15 is 0 Å². The Kier molecular flexibility index (Phi) is 5.17. The van der Waals surface area contributed by atoms with Crippen LogP contribution >= 0.6 is 0 Å². The first-order chi connectivity index (χ1) is 6.86. The normalized spacial score (nSPS) is 10.7. The van der Waals surface area contributed by atoms with Crippen molar-refractivity contribution in [2.75, 3.05) is 19.7 Å². The van der Waals surface area contributed by atoms with Crippen LogP contribution in [-0.4, -0.2) is 29.8 Å². The number of nitrogens with zero attached hydrogens (tertiary/aromatic N) is 2. The van der Waals surface area contributed by atoms with Crippen molar-refractivity contribution >= 4 is 0 Å². The Morgan fingerprint density at radius 2 is 2.29 bits per heavy atom. The Bertz CT molecular complexity index is 250. The summed E-state index contributed by atoms with van der Waals surface area (Å²) in [5.74, 6) is 1.29. The number of hydrogen-bond donors (Lipinski definition) is 1. The van der Waals surface area contributed by atoms with Crippen molar-refractivity contribution in [1.29, 1.82) is 0 Å². The quantitative estimate of drug-likeness (QED) is 0.657. The van der Waals surface area contributed by atoms with Crippen LogP contribution < -0.4 is 5.32 Å². The maximum absolute atomic E-state index is 5.33. The van der Waals surface area contributed by atoms with E-state index in [1.807, 2.05) is 6.92 Å². The monoisotopic (exact) mass is 199 g/mol. The number of hydrogen-bond acceptors (Lipinski definition) is 5. The lowest BCUT2D eigenvalue weighted by molar-refractivity contribution is 0.116. The second-order valence-corrected chi connectivity index (χ2v) is 2.86. The van der Waals surface area contributed by atoms with Crippen molar-refractivity contribution in [1.82, 2.24) is 15.5 Å². The highest BCUT2D eigenvalue weighted by molar-refractivity contribution is 4.83. The molecule has 0 aromatic carbocycles. The smallest absolute Gasteiger partial charge is 0.226 e. The summed E-state index contributed by atoms with van der Waals surface area (Å²) < 4.78 is 10.3. The SMILES string of the molecule is CCNCCOCc1noc(CC)n1. The minimum atomic E-state index is 0.425. The predicted octanol–water partition coefficient (Wildman–Crippen LogP) is 0.758.